The van der Waals surface area contributed by atoms with Crippen LogP contribution in [0.25, 0.3) is 0 Å². The molecule has 12 nitrogen and oxygen atoms in total. The van der Waals surface area contributed by atoms with Crippen molar-refractivity contribution >= 4 is 39.3 Å². The van der Waals surface area contributed by atoms with E-state index in [9.17, 15) is 22.8 Å². The predicted molar refractivity (Wildman–Crippen MR) is 113 cm³/mol. The summed E-state index contributed by atoms with van der Waals surface area (Å²) in [7, 11) is 0.526. The molecule has 0 aliphatic rings. The number of nitrogens with one attached hydrogen (secondary N) is 3. The highest BCUT2D eigenvalue weighted by Gasteiger charge is 2.19. The van der Waals surface area contributed by atoms with Gasteiger partial charge in [-0.05, 0) is 12.5 Å². The number of carbonyl (C=O) groups excluding carboxylic acids is 3. The van der Waals surface area contributed by atoms with Crippen molar-refractivity contribution in [2.75, 3.05) is 30.0 Å². The molecule has 3 amide bonds. The molecule has 0 unspecified atom stereocenters. The van der Waals surface area contributed by atoms with Gasteiger partial charge in [-0.25, -0.2) is 4.98 Å². The Morgan fingerprint density at radius 2 is 1.81 bits per heavy atom. The second kappa shape index (κ2) is 10.2. The van der Waals surface area contributed by atoms with Crippen molar-refractivity contribution in [2.45, 2.75) is 19.8 Å². The van der Waals surface area contributed by atoms with E-state index in [4.69, 9.17) is 0 Å². The number of amides is 3. The van der Waals surface area contributed by atoms with Crippen molar-refractivity contribution in [2.24, 2.45) is 14.1 Å². The van der Waals surface area contributed by atoms with E-state index >= 15 is 0 Å². The van der Waals surface area contributed by atoms with Crippen molar-refractivity contribution in [1.82, 2.24) is 19.4 Å². The first kappa shape index (κ1) is 24.1. The Morgan fingerprint density at radius 3 is 2.45 bits per heavy atom. The summed E-state index contributed by atoms with van der Waals surface area (Å²) in [4.78, 5) is 40.7. The van der Waals surface area contributed by atoms with Crippen LogP contribution >= 0.6 is 0 Å². The van der Waals surface area contributed by atoms with Gasteiger partial charge in [-0.15, -0.1) is 0 Å². The van der Waals surface area contributed by atoms with Crippen LogP contribution in [0.15, 0.2) is 18.5 Å². The summed E-state index contributed by atoms with van der Waals surface area (Å²) >= 11 is 0. The van der Waals surface area contributed by atoms with Gasteiger partial charge in [0.15, 0.2) is 5.82 Å². The zero-order valence-corrected chi connectivity index (χ0v) is 18.6. The summed E-state index contributed by atoms with van der Waals surface area (Å²) in [6, 6.07) is 1.55. The maximum Gasteiger partial charge on any atom is 0.291 e. The lowest BCUT2D eigenvalue weighted by atomic mass is 10.3. The van der Waals surface area contributed by atoms with Gasteiger partial charge in [0.2, 0.25) is 11.7 Å². The third kappa shape index (κ3) is 6.65. The Bertz CT molecular complexity index is 1070. The van der Waals surface area contributed by atoms with Crippen LogP contribution in [-0.4, -0.2) is 59.7 Å². The van der Waals surface area contributed by atoms with Crippen molar-refractivity contribution in [1.29, 1.82) is 0 Å². The normalized spacial score (nSPS) is 11.2. The highest BCUT2D eigenvalue weighted by molar-refractivity contribution is 7.86. The second-order valence-corrected chi connectivity index (χ2v) is 8.58. The summed E-state index contributed by atoms with van der Waals surface area (Å²) < 4.78 is 29.9. The molecule has 13 heteroatoms. The van der Waals surface area contributed by atoms with E-state index in [1.165, 1.54) is 10.8 Å². The molecule has 0 radical (unpaired) electrons. The quantitative estimate of drug-likeness (QED) is 0.441. The largest absolute Gasteiger partial charge is 0.351 e. The average Bonchev–Trinajstić information content (AvgIpc) is 3.26. The molecule has 2 heterocycles. The van der Waals surface area contributed by atoms with Gasteiger partial charge in [0.05, 0.1) is 18.6 Å². The fourth-order valence-electron chi connectivity index (χ4n) is 2.62. The molecule has 0 fully saturated rings. The molecule has 2 aromatic rings. The van der Waals surface area contributed by atoms with Gasteiger partial charge in [-0.1, -0.05) is 6.92 Å². The molecule has 0 saturated carbocycles. The van der Waals surface area contributed by atoms with E-state index in [1.54, 1.807) is 30.9 Å². The number of aryl methyl sites for hydroxylation is 2. The molecule has 0 spiro atoms. The van der Waals surface area contributed by atoms with Crippen LogP contribution in [-0.2, 0) is 33.2 Å². The Labute approximate surface area is 180 Å². The fourth-order valence-corrected chi connectivity index (χ4v) is 3.22. The lowest BCUT2D eigenvalue weighted by Crippen LogP contribution is -2.25. The third-order valence-electron chi connectivity index (χ3n) is 4.21. The van der Waals surface area contributed by atoms with Crippen LogP contribution in [0.3, 0.4) is 0 Å². The topological polar surface area (TPSA) is 153 Å². The summed E-state index contributed by atoms with van der Waals surface area (Å²) in [6.45, 7) is 2.49. The van der Waals surface area contributed by atoms with Crippen LogP contribution in [0, 0.1) is 0 Å². The van der Waals surface area contributed by atoms with Gasteiger partial charge in [-0.3, -0.25) is 18.6 Å². The summed E-state index contributed by atoms with van der Waals surface area (Å²) in [5, 5.41) is 7.86. The van der Waals surface area contributed by atoms with Crippen molar-refractivity contribution in [3.05, 3.63) is 30.0 Å². The first-order valence-corrected chi connectivity index (χ1v) is 11.0. The zero-order valence-electron chi connectivity index (χ0n) is 17.8. The summed E-state index contributed by atoms with van der Waals surface area (Å²) in [5.41, 5.74) is 0.801. The molecule has 31 heavy (non-hydrogen) atoms. The van der Waals surface area contributed by atoms with Gasteiger partial charge in [0.1, 0.15) is 5.69 Å². The standard InChI is InChI=1S/C18H26N6O6S/c1-5-7-19-17(26)13-9-12(10-23(13)2)20-18(27)16-22-14(11-24(16)3)21-15(25)6-8-31(28,29)30-4/h9-11H,5-8H2,1-4H3,(H,19,26)(H,20,27)(H,21,25). The van der Waals surface area contributed by atoms with E-state index in [-0.39, 0.29) is 24.0 Å². The first-order chi connectivity index (χ1) is 14.6. The number of rotatable bonds is 10. The third-order valence-corrected chi connectivity index (χ3v) is 5.42. The Balaban J connectivity index is 2.03. The Hall–Kier alpha value is -3.19. The van der Waals surface area contributed by atoms with Crippen LogP contribution in [0.2, 0.25) is 0 Å². The molecule has 2 rings (SSSR count). The fraction of sp³-hybridized carbons (Fsp3) is 0.444. The predicted octanol–water partition coefficient (Wildman–Crippen LogP) is 0.456. The van der Waals surface area contributed by atoms with Crippen molar-refractivity contribution < 1.29 is 27.0 Å². The van der Waals surface area contributed by atoms with Gasteiger partial charge in [0.25, 0.3) is 21.9 Å². The van der Waals surface area contributed by atoms with Gasteiger partial charge in [-0.2, -0.15) is 8.42 Å². The van der Waals surface area contributed by atoms with E-state index in [2.05, 4.69) is 25.1 Å². The molecule has 170 valence electrons. The minimum atomic E-state index is -3.75. The Morgan fingerprint density at radius 1 is 1.10 bits per heavy atom. The highest BCUT2D eigenvalue weighted by atomic mass is 32.2. The van der Waals surface area contributed by atoms with Crippen LogP contribution in [0.4, 0.5) is 11.5 Å². The number of aromatic nitrogens is 3. The molecule has 0 aliphatic carbocycles. The lowest BCUT2D eigenvalue weighted by Gasteiger charge is -2.03. The van der Waals surface area contributed by atoms with Gasteiger partial charge >= 0.3 is 0 Å². The Kier molecular flexibility index (Phi) is 7.94. The number of anilines is 2. The van der Waals surface area contributed by atoms with E-state index in [0.717, 1.165) is 13.5 Å². The molecular weight excluding hydrogens is 428 g/mol. The lowest BCUT2D eigenvalue weighted by molar-refractivity contribution is -0.115. The monoisotopic (exact) mass is 454 g/mol. The molecule has 3 N–H and O–H groups in total. The maximum absolute atomic E-state index is 12.6. The maximum atomic E-state index is 12.6. The second-order valence-electron chi connectivity index (χ2n) is 6.72. The number of carbonyl (C=O) groups is 3. The SMILES string of the molecule is CCCNC(=O)c1cc(NC(=O)c2nc(NC(=O)CCS(=O)(=O)OC)cn2C)cn1C. The van der Waals surface area contributed by atoms with Crippen molar-refractivity contribution in [3.63, 3.8) is 0 Å². The number of hydrogen-bond donors (Lipinski definition) is 3. The van der Waals surface area contributed by atoms with Gasteiger partial charge in [0, 0.05) is 39.5 Å². The average molecular weight is 455 g/mol. The smallest absolute Gasteiger partial charge is 0.291 e. The molecular formula is C18H26N6O6S. The molecule has 0 aromatic carbocycles. The van der Waals surface area contributed by atoms with Crippen LogP contribution in [0.1, 0.15) is 40.9 Å². The van der Waals surface area contributed by atoms with E-state index in [1.807, 2.05) is 6.92 Å². The molecule has 2 aromatic heterocycles. The highest BCUT2D eigenvalue weighted by Crippen LogP contribution is 2.15. The minimum Gasteiger partial charge on any atom is -0.351 e. The van der Waals surface area contributed by atoms with E-state index in [0.29, 0.717) is 17.9 Å². The molecule has 0 atom stereocenters. The molecule has 0 bridgehead atoms. The number of imidazole rings is 1. The van der Waals surface area contributed by atoms with E-state index < -0.39 is 27.7 Å². The number of hydrogen-bond acceptors (Lipinski definition) is 7. The summed E-state index contributed by atoms with van der Waals surface area (Å²) in [6.07, 6.45) is 3.51. The number of nitrogens with zero attached hydrogens (tertiary/aromatic N) is 3. The van der Waals surface area contributed by atoms with Crippen LogP contribution < -0.4 is 16.0 Å². The van der Waals surface area contributed by atoms with Crippen LogP contribution in [0.5, 0.6) is 0 Å². The first-order valence-electron chi connectivity index (χ1n) is 9.43. The molecule has 0 saturated heterocycles. The molecule has 0 aliphatic heterocycles. The summed E-state index contributed by atoms with van der Waals surface area (Å²) in [5.74, 6) is -1.74. The zero-order chi connectivity index (χ0) is 23.2. The van der Waals surface area contributed by atoms with Gasteiger partial charge < -0.3 is 25.1 Å². The van der Waals surface area contributed by atoms with Crippen molar-refractivity contribution in [3.8, 4) is 0 Å². The minimum absolute atomic E-state index is 0.0145.